The maximum Gasteiger partial charge on any atom is 0.323 e. The highest BCUT2D eigenvalue weighted by Gasteiger charge is 2.31. The second kappa shape index (κ2) is 7.50. The molecule has 140 valence electrons. The molecule has 1 N–H and O–H groups in total. The van der Waals surface area contributed by atoms with E-state index in [4.69, 9.17) is 4.74 Å². The molecular formula is C20H28N4O2. The van der Waals surface area contributed by atoms with Crippen LogP contribution < -0.4 is 5.32 Å². The van der Waals surface area contributed by atoms with Gasteiger partial charge in [0.25, 0.3) is 0 Å². The molecule has 0 spiro atoms. The lowest BCUT2D eigenvalue weighted by atomic mass is 10.1. The van der Waals surface area contributed by atoms with Gasteiger partial charge in [0.2, 0.25) is 0 Å². The Balaban J connectivity index is 1.93. The number of urea groups is 1. The zero-order valence-corrected chi connectivity index (χ0v) is 16.0. The summed E-state index contributed by atoms with van der Waals surface area (Å²) in [7, 11) is 1.68. The van der Waals surface area contributed by atoms with Crippen molar-refractivity contribution in [2.75, 3.05) is 25.6 Å². The van der Waals surface area contributed by atoms with Gasteiger partial charge in [0.05, 0.1) is 24.4 Å². The van der Waals surface area contributed by atoms with E-state index in [1.807, 2.05) is 46.1 Å². The predicted octanol–water partition coefficient (Wildman–Crippen LogP) is 3.95. The molecule has 1 aliphatic heterocycles. The Morgan fingerprint density at radius 2 is 2.04 bits per heavy atom. The molecule has 1 atom stereocenters. The number of nitrogens with one attached hydrogen (secondary N) is 1. The number of ether oxygens (including phenoxy) is 1. The maximum absolute atomic E-state index is 13.0. The van der Waals surface area contributed by atoms with Gasteiger partial charge in [-0.3, -0.25) is 5.32 Å². The van der Waals surface area contributed by atoms with Crippen LogP contribution in [0.2, 0.25) is 0 Å². The Morgan fingerprint density at radius 1 is 1.31 bits per heavy atom. The van der Waals surface area contributed by atoms with Crippen LogP contribution in [0, 0.1) is 0 Å². The Bertz CT molecular complexity index is 749. The molecule has 1 aromatic heterocycles. The quantitative estimate of drug-likeness (QED) is 0.902. The molecule has 1 aliphatic rings. The van der Waals surface area contributed by atoms with E-state index in [0.29, 0.717) is 6.61 Å². The minimum absolute atomic E-state index is 0.0901. The number of benzene rings is 1. The summed E-state index contributed by atoms with van der Waals surface area (Å²) in [4.78, 5) is 14.9. The molecule has 1 aromatic carbocycles. The Labute approximate surface area is 155 Å². The minimum Gasteiger partial charge on any atom is -0.383 e. The van der Waals surface area contributed by atoms with E-state index in [0.717, 1.165) is 36.3 Å². The molecule has 2 amide bonds. The fourth-order valence-corrected chi connectivity index (χ4v) is 3.45. The number of amides is 2. The number of hydrogen-bond acceptors (Lipinski definition) is 3. The lowest BCUT2D eigenvalue weighted by molar-refractivity contribution is 0.128. The van der Waals surface area contributed by atoms with Crippen LogP contribution in [0.4, 0.5) is 10.6 Å². The average molecular weight is 356 g/mol. The number of likely N-dealkylation sites (tertiary alicyclic amines) is 1. The van der Waals surface area contributed by atoms with Crippen LogP contribution >= 0.6 is 0 Å². The number of hydrogen-bond donors (Lipinski definition) is 1. The van der Waals surface area contributed by atoms with Crippen LogP contribution in [0.3, 0.4) is 0 Å². The van der Waals surface area contributed by atoms with E-state index in [1.165, 1.54) is 0 Å². The lowest BCUT2D eigenvalue weighted by Gasteiger charge is -2.27. The third-order valence-electron chi connectivity index (χ3n) is 4.71. The molecule has 0 radical (unpaired) electrons. The summed E-state index contributed by atoms with van der Waals surface area (Å²) in [5, 5.41) is 7.68. The second-order valence-electron chi connectivity index (χ2n) is 7.73. The first-order chi connectivity index (χ1) is 12.4. The van der Waals surface area contributed by atoms with Crippen molar-refractivity contribution in [1.29, 1.82) is 0 Å². The summed E-state index contributed by atoms with van der Waals surface area (Å²) in [6.07, 6.45) is 3.81. The molecule has 2 aromatic rings. The molecule has 6 heteroatoms. The summed E-state index contributed by atoms with van der Waals surface area (Å²) in [5.41, 5.74) is 1.72. The van der Waals surface area contributed by atoms with Gasteiger partial charge in [-0.1, -0.05) is 30.3 Å². The molecule has 6 nitrogen and oxygen atoms in total. The summed E-state index contributed by atoms with van der Waals surface area (Å²) >= 11 is 0. The SMILES string of the molecule is COC[C@@H]1CCCN1C(=O)Nc1c(-c2ccccc2)cnn1C(C)(C)C. The summed E-state index contributed by atoms with van der Waals surface area (Å²) in [5.74, 6) is 0.733. The first-order valence-electron chi connectivity index (χ1n) is 9.12. The lowest BCUT2D eigenvalue weighted by Crippen LogP contribution is -2.41. The van der Waals surface area contributed by atoms with Gasteiger partial charge in [0, 0.05) is 19.2 Å². The van der Waals surface area contributed by atoms with Crippen LogP contribution in [0.1, 0.15) is 33.6 Å². The van der Waals surface area contributed by atoms with Gasteiger partial charge in [0.15, 0.2) is 0 Å². The van der Waals surface area contributed by atoms with Crippen LogP contribution in [0.25, 0.3) is 11.1 Å². The van der Waals surface area contributed by atoms with E-state index in [9.17, 15) is 4.79 Å². The molecule has 0 saturated carbocycles. The Morgan fingerprint density at radius 3 is 2.69 bits per heavy atom. The highest BCUT2D eigenvalue weighted by Crippen LogP contribution is 2.32. The van der Waals surface area contributed by atoms with Crippen molar-refractivity contribution in [1.82, 2.24) is 14.7 Å². The normalized spacial score (nSPS) is 17.5. The highest BCUT2D eigenvalue weighted by atomic mass is 16.5. The van der Waals surface area contributed by atoms with Gasteiger partial charge < -0.3 is 9.64 Å². The predicted molar refractivity (Wildman–Crippen MR) is 103 cm³/mol. The van der Waals surface area contributed by atoms with Crippen molar-refractivity contribution in [2.45, 2.75) is 45.2 Å². The number of carbonyl (C=O) groups excluding carboxylic acids is 1. The first kappa shape index (κ1) is 18.5. The third-order valence-corrected chi connectivity index (χ3v) is 4.71. The van der Waals surface area contributed by atoms with E-state index < -0.39 is 0 Å². The second-order valence-corrected chi connectivity index (χ2v) is 7.73. The van der Waals surface area contributed by atoms with Crippen LogP contribution in [0.15, 0.2) is 36.5 Å². The zero-order valence-electron chi connectivity index (χ0n) is 16.0. The topological polar surface area (TPSA) is 59.4 Å². The molecule has 0 bridgehead atoms. The van der Waals surface area contributed by atoms with E-state index in [1.54, 1.807) is 7.11 Å². The van der Waals surface area contributed by atoms with Gasteiger partial charge in [-0.05, 0) is 39.2 Å². The smallest absolute Gasteiger partial charge is 0.323 e. The molecule has 0 aliphatic carbocycles. The molecule has 2 heterocycles. The van der Waals surface area contributed by atoms with Gasteiger partial charge in [-0.25, -0.2) is 9.48 Å². The number of aromatic nitrogens is 2. The molecule has 1 fully saturated rings. The number of methoxy groups -OCH3 is 1. The highest BCUT2D eigenvalue weighted by molar-refractivity contribution is 5.93. The molecule has 1 saturated heterocycles. The van der Waals surface area contributed by atoms with Crippen molar-refractivity contribution < 1.29 is 9.53 Å². The van der Waals surface area contributed by atoms with Gasteiger partial charge in [-0.2, -0.15) is 5.10 Å². The number of anilines is 1. The Hall–Kier alpha value is -2.34. The van der Waals surface area contributed by atoms with Crippen molar-refractivity contribution in [3.8, 4) is 11.1 Å². The molecule has 3 rings (SSSR count). The number of nitrogens with zero attached hydrogens (tertiary/aromatic N) is 3. The van der Waals surface area contributed by atoms with Gasteiger partial charge >= 0.3 is 6.03 Å². The fraction of sp³-hybridized carbons (Fsp3) is 0.500. The van der Waals surface area contributed by atoms with Gasteiger partial charge in [-0.15, -0.1) is 0 Å². The summed E-state index contributed by atoms with van der Waals surface area (Å²) in [6, 6.07) is 10.1. The van der Waals surface area contributed by atoms with Crippen molar-refractivity contribution >= 4 is 11.8 Å². The largest absolute Gasteiger partial charge is 0.383 e. The first-order valence-corrected chi connectivity index (χ1v) is 9.12. The number of carbonyl (C=O) groups is 1. The summed E-state index contributed by atoms with van der Waals surface area (Å²) in [6.45, 7) is 7.55. The molecule has 26 heavy (non-hydrogen) atoms. The maximum atomic E-state index is 13.0. The fourth-order valence-electron chi connectivity index (χ4n) is 3.45. The van der Waals surface area contributed by atoms with Crippen molar-refractivity contribution in [3.05, 3.63) is 36.5 Å². The monoisotopic (exact) mass is 356 g/mol. The van der Waals surface area contributed by atoms with Gasteiger partial charge in [0.1, 0.15) is 5.82 Å². The van der Waals surface area contributed by atoms with Crippen molar-refractivity contribution in [3.63, 3.8) is 0 Å². The average Bonchev–Trinajstić information content (AvgIpc) is 3.22. The van der Waals surface area contributed by atoms with Crippen molar-refractivity contribution in [2.24, 2.45) is 0 Å². The van der Waals surface area contributed by atoms with Crippen LogP contribution in [-0.2, 0) is 10.3 Å². The Kier molecular flexibility index (Phi) is 5.32. The van der Waals surface area contributed by atoms with E-state index in [-0.39, 0.29) is 17.6 Å². The third kappa shape index (κ3) is 3.75. The van der Waals surface area contributed by atoms with Crippen LogP contribution in [-0.4, -0.2) is 47.0 Å². The standard InChI is InChI=1S/C20H28N4O2/c1-20(2,3)24-18(17(13-21-24)15-9-6-5-7-10-15)22-19(25)23-12-8-11-16(23)14-26-4/h5-7,9-10,13,16H,8,11-12,14H2,1-4H3,(H,22,25)/t16-/m0/s1. The zero-order chi connectivity index (χ0) is 18.7. The van der Waals surface area contributed by atoms with E-state index in [2.05, 4.69) is 31.2 Å². The van der Waals surface area contributed by atoms with E-state index >= 15 is 0 Å². The number of rotatable bonds is 4. The molecule has 0 unspecified atom stereocenters. The van der Waals surface area contributed by atoms with Crippen LogP contribution in [0.5, 0.6) is 0 Å². The minimum atomic E-state index is -0.243. The molecular weight excluding hydrogens is 328 g/mol. The summed E-state index contributed by atoms with van der Waals surface area (Å²) < 4.78 is 7.16.